The normalized spacial score (nSPS) is 9.64. The van der Waals surface area contributed by atoms with Gasteiger partial charge in [0.1, 0.15) is 5.75 Å². The van der Waals surface area contributed by atoms with Crippen LogP contribution >= 0.6 is 7.82 Å². The van der Waals surface area contributed by atoms with E-state index < -0.39 is 7.82 Å². The molecule has 0 atom stereocenters. The lowest BCUT2D eigenvalue weighted by atomic mass is 10.3. The third-order valence-electron chi connectivity index (χ3n) is 0.963. The molecular formula is C8H11O5P. The van der Waals surface area contributed by atoms with Gasteiger partial charge in [-0.25, -0.2) is 4.57 Å². The van der Waals surface area contributed by atoms with Crippen molar-refractivity contribution in [3.63, 3.8) is 0 Å². The topological polar surface area (TPSA) is 87.0 Å². The van der Waals surface area contributed by atoms with Gasteiger partial charge in [-0.2, -0.15) is 0 Å². The monoisotopic (exact) mass is 218 g/mol. The van der Waals surface area contributed by atoms with Gasteiger partial charge in [-0.05, 0) is 12.1 Å². The fourth-order valence-corrected chi connectivity index (χ4v) is 0.595. The van der Waals surface area contributed by atoms with Crippen molar-refractivity contribution in [3.8, 4) is 5.75 Å². The highest BCUT2D eigenvalue weighted by Crippen LogP contribution is 2.25. The van der Waals surface area contributed by atoms with Crippen LogP contribution < -0.4 is 4.74 Å². The van der Waals surface area contributed by atoms with Gasteiger partial charge in [0.15, 0.2) is 0 Å². The summed E-state index contributed by atoms with van der Waals surface area (Å²) in [6.07, 6.45) is 1.41. The maximum Gasteiger partial charge on any atom is 0.466 e. The first-order valence-corrected chi connectivity index (χ1v) is 5.11. The summed E-state index contributed by atoms with van der Waals surface area (Å²) in [5.41, 5.74) is 0. The molecular weight excluding hydrogens is 207 g/mol. The molecule has 3 N–H and O–H groups in total. The van der Waals surface area contributed by atoms with E-state index in [1.54, 1.807) is 0 Å². The molecule has 0 saturated carbocycles. The Labute approximate surface area is 81.5 Å². The van der Waals surface area contributed by atoms with Crippen LogP contribution in [0.2, 0.25) is 0 Å². The van der Waals surface area contributed by atoms with Gasteiger partial charge in [0.25, 0.3) is 0 Å². The Morgan fingerprint density at radius 2 is 1.64 bits per heavy atom. The Morgan fingerprint density at radius 1 is 1.21 bits per heavy atom. The summed E-state index contributed by atoms with van der Waals surface area (Å²) in [7, 11) is -4.64. The van der Waals surface area contributed by atoms with Crippen molar-refractivity contribution < 1.29 is 24.0 Å². The lowest BCUT2D eigenvalue weighted by Crippen LogP contribution is -1.76. The molecule has 0 aromatic heterocycles. The standard InChI is InChI=1S/C8H8O.H3O4P/c1-2-9-8-6-4-3-5-7-8;1-5(2,3)4/h2-7H,1H2;(H3,1,2,3,4). The van der Waals surface area contributed by atoms with Gasteiger partial charge in [0.05, 0.1) is 6.26 Å². The molecule has 1 rings (SSSR count). The molecule has 0 bridgehead atoms. The van der Waals surface area contributed by atoms with E-state index in [9.17, 15) is 0 Å². The zero-order valence-electron chi connectivity index (χ0n) is 7.28. The summed E-state index contributed by atoms with van der Waals surface area (Å²) in [5, 5.41) is 0. The Kier molecular flexibility index (Phi) is 5.83. The summed E-state index contributed by atoms with van der Waals surface area (Å²) in [6, 6.07) is 9.52. The maximum atomic E-state index is 8.88. The molecule has 0 aliphatic heterocycles. The van der Waals surface area contributed by atoms with Gasteiger partial charge >= 0.3 is 7.82 Å². The van der Waals surface area contributed by atoms with E-state index in [1.807, 2.05) is 30.3 Å². The van der Waals surface area contributed by atoms with E-state index in [0.717, 1.165) is 5.75 Å². The zero-order valence-corrected chi connectivity index (χ0v) is 8.17. The molecule has 0 heterocycles. The van der Waals surface area contributed by atoms with Gasteiger partial charge in [0.2, 0.25) is 0 Å². The molecule has 0 unspecified atom stereocenters. The van der Waals surface area contributed by atoms with Gasteiger partial charge < -0.3 is 19.4 Å². The van der Waals surface area contributed by atoms with Crippen molar-refractivity contribution >= 4 is 7.82 Å². The highest BCUT2D eigenvalue weighted by atomic mass is 31.2. The number of rotatable bonds is 2. The lowest BCUT2D eigenvalue weighted by Gasteiger charge is -1.95. The molecule has 1 aromatic rings. The third kappa shape index (κ3) is 10.9. The van der Waals surface area contributed by atoms with Crippen molar-refractivity contribution in [2.24, 2.45) is 0 Å². The minimum Gasteiger partial charge on any atom is -0.466 e. The molecule has 0 saturated heterocycles. The van der Waals surface area contributed by atoms with Gasteiger partial charge in [0, 0.05) is 0 Å². The molecule has 0 fully saturated rings. The van der Waals surface area contributed by atoms with E-state index in [1.165, 1.54) is 6.26 Å². The fraction of sp³-hybridized carbons (Fsp3) is 0. The van der Waals surface area contributed by atoms with E-state index in [0.29, 0.717) is 0 Å². The zero-order chi connectivity index (χ0) is 11.0. The van der Waals surface area contributed by atoms with E-state index in [2.05, 4.69) is 6.58 Å². The van der Waals surface area contributed by atoms with Crippen LogP contribution in [0.15, 0.2) is 43.2 Å². The van der Waals surface area contributed by atoms with Gasteiger partial charge in [-0.15, -0.1) is 0 Å². The summed E-state index contributed by atoms with van der Waals surface area (Å²) in [6.45, 7) is 3.43. The average molecular weight is 218 g/mol. The Morgan fingerprint density at radius 3 is 2.00 bits per heavy atom. The summed E-state index contributed by atoms with van der Waals surface area (Å²) >= 11 is 0. The first-order valence-electron chi connectivity index (χ1n) is 3.54. The number of hydrogen-bond donors (Lipinski definition) is 3. The molecule has 5 nitrogen and oxygen atoms in total. The maximum absolute atomic E-state index is 8.88. The second kappa shape index (κ2) is 6.34. The van der Waals surface area contributed by atoms with Crippen molar-refractivity contribution in [1.29, 1.82) is 0 Å². The minimum absolute atomic E-state index is 0.826. The van der Waals surface area contributed by atoms with E-state index in [-0.39, 0.29) is 0 Å². The highest BCUT2D eigenvalue weighted by molar-refractivity contribution is 7.45. The molecule has 0 aliphatic carbocycles. The first kappa shape index (κ1) is 12.9. The number of hydrogen-bond acceptors (Lipinski definition) is 2. The van der Waals surface area contributed by atoms with Crippen molar-refractivity contribution in [2.45, 2.75) is 0 Å². The predicted octanol–water partition coefficient (Wildman–Crippen LogP) is 1.28. The lowest BCUT2D eigenvalue weighted by molar-refractivity contribution is 0.275. The van der Waals surface area contributed by atoms with Crippen LogP contribution in [-0.4, -0.2) is 14.7 Å². The third-order valence-corrected chi connectivity index (χ3v) is 0.963. The molecule has 0 spiro atoms. The number of ether oxygens (including phenoxy) is 1. The molecule has 78 valence electrons. The van der Waals surface area contributed by atoms with E-state index >= 15 is 0 Å². The van der Waals surface area contributed by atoms with Crippen molar-refractivity contribution in [3.05, 3.63) is 43.2 Å². The molecule has 1 aromatic carbocycles. The van der Waals surface area contributed by atoms with E-state index in [4.69, 9.17) is 24.0 Å². The number of phosphoric acid groups is 1. The minimum atomic E-state index is -4.64. The second-order valence-electron chi connectivity index (χ2n) is 2.11. The fourth-order valence-electron chi connectivity index (χ4n) is 0.595. The van der Waals surface area contributed by atoms with Gasteiger partial charge in [-0.3, -0.25) is 0 Å². The van der Waals surface area contributed by atoms with Crippen LogP contribution in [0.3, 0.4) is 0 Å². The largest absolute Gasteiger partial charge is 0.466 e. The Balaban J connectivity index is 0.000000292. The van der Waals surface area contributed by atoms with Crippen molar-refractivity contribution in [1.82, 2.24) is 0 Å². The van der Waals surface area contributed by atoms with Crippen LogP contribution in [0.4, 0.5) is 0 Å². The van der Waals surface area contributed by atoms with Crippen LogP contribution in [0.5, 0.6) is 5.75 Å². The van der Waals surface area contributed by atoms with Crippen LogP contribution in [0.25, 0.3) is 0 Å². The van der Waals surface area contributed by atoms with Crippen LogP contribution in [0.1, 0.15) is 0 Å². The number of benzene rings is 1. The smallest absolute Gasteiger partial charge is 0.466 e. The molecule has 14 heavy (non-hydrogen) atoms. The predicted molar refractivity (Wildman–Crippen MR) is 51.5 cm³/mol. The van der Waals surface area contributed by atoms with Crippen molar-refractivity contribution in [2.75, 3.05) is 0 Å². The number of para-hydroxylation sites is 1. The molecule has 6 heteroatoms. The van der Waals surface area contributed by atoms with Crippen LogP contribution in [0, 0.1) is 0 Å². The summed E-state index contributed by atoms with van der Waals surface area (Å²) in [5.74, 6) is 0.826. The quantitative estimate of drug-likeness (QED) is 0.514. The first-order chi connectivity index (χ1) is 6.43. The SMILES string of the molecule is C=COc1ccccc1.O=P(O)(O)O. The second-order valence-corrected chi connectivity index (χ2v) is 3.14. The molecule has 0 amide bonds. The highest BCUT2D eigenvalue weighted by Gasteiger charge is 2.00. The molecule has 0 radical (unpaired) electrons. The van der Waals surface area contributed by atoms with Gasteiger partial charge in [-0.1, -0.05) is 24.8 Å². The Hall–Kier alpha value is -1.13. The molecule has 0 aliphatic rings. The Bertz CT molecular complexity index is 297. The summed E-state index contributed by atoms with van der Waals surface area (Å²) in [4.78, 5) is 21.6. The van der Waals surface area contributed by atoms with Crippen LogP contribution in [-0.2, 0) is 4.57 Å². The summed E-state index contributed by atoms with van der Waals surface area (Å²) < 4.78 is 13.9. The average Bonchev–Trinajstić information content (AvgIpc) is 2.03.